The van der Waals surface area contributed by atoms with Crippen molar-refractivity contribution in [3.8, 4) is 5.75 Å². The zero-order valence-electron chi connectivity index (χ0n) is 11.2. The molecule has 1 aromatic rings. The van der Waals surface area contributed by atoms with Gasteiger partial charge in [0, 0.05) is 17.9 Å². The number of para-hydroxylation sites is 1. The first-order valence-corrected chi connectivity index (χ1v) is 7.39. The Hall–Kier alpha value is -1.63. The molecule has 1 amide bonds. The van der Waals surface area contributed by atoms with E-state index < -0.39 is 4.92 Å². The molecule has 0 unspecified atom stereocenters. The second kappa shape index (κ2) is 8.52. The molecule has 0 atom stereocenters. The summed E-state index contributed by atoms with van der Waals surface area (Å²) in [6.07, 6.45) is 2.93. The van der Waals surface area contributed by atoms with Gasteiger partial charge < -0.3 is 10.1 Å². The van der Waals surface area contributed by atoms with Crippen LogP contribution in [0, 0.1) is 10.1 Å². The topological polar surface area (TPSA) is 81.5 Å². The van der Waals surface area contributed by atoms with Crippen molar-refractivity contribution in [1.82, 2.24) is 5.32 Å². The van der Waals surface area contributed by atoms with Crippen LogP contribution in [0.1, 0.15) is 29.6 Å². The Balaban J connectivity index is 2.72. The largest absolute Gasteiger partial charge is 0.490 e. The molecule has 0 aliphatic carbocycles. The number of nitrogens with zero attached hydrogens (tertiary/aromatic N) is 1. The summed E-state index contributed by atoms with van der Waals surface area (Å²) in [7, 11) is 1.31. The molecule has 110 valence electrons. The molecule has 0 saturated carbocycles. The van der Waals surface area contributed by atoms with Gasteiger partial charge in [-0.05, 0) is 18.9 Å². The molecule has 0 saturated heterocycles. The van der Waals surface area contributed by atoms with Crippen molar-refractivity contribution in [3.63, 3.8) is 0 Å². The molecule has 1 N–H and O–H groups in total. The summed E-state index contributed by atoms with van der Waals surface area (Å²) in [4.78, 5) is 22.3. The van der Waals surface area contributed by atoms with Gasteiger partial charge >= 0.3 is 5.69 Å². The molecule has 0 spiro atoms. The number of carbonyl (C=O) groups excluding carboxylic acids is 1. The van der Waals surface area contributed by atoms with Gasteiger partial charge in [-0.25, -0.2) is 0 Å². The van der Waals surface area contributed by atoms with Crippen LogP contribution in [-0.4, -0.2) is 29.8 Å². The number of amides is 1. The zero-order valence-corrected chi connectivity index (χ0v) is 12.8. The summed E-state index contributed by atoms with van der Waals surface area (Å²) in [6, 6.07) is 4.30. The van der Waals surface area contributed by atoms with E-state index in [-0.39, 0.29) is 22.9 Å². The van der Waals surface area contributed by atoms with Crippen LogP contribution in [-0.2, 0) is 0 Å². The van der Waals surface area contributed by atoms with Crippen LogP contribution >= 0.6 is 15.9 Å². The van der Waals surface area contributed by atoms with E-state index in [1.54, 1.807) is 0 Å². The first-order valence-electron chi connectivity index (χ1n) is 6.27. The predicted molar refractivity (Wildman–Crippen MR) is 79.6 cm³/mol. The van der Waals surface area contributed by atoms with Gasteiger partial charge in [-0.15, -0.1) is 0 Å². The second-order valence-electron chi connectivity index (χ2n) is 4.12. The average Bonchev–Trinajstić information content (AvgIpc) is 2.45. The van der Waals surface area contributed by atoms with Crippen molar-refractivity contribution in [1.29, 1.82) is 0 Å². The molecule has 1 aromatic carbocycles. The quantitative estimate of drug-likeness (QED) is 0.340. The lowest BCUT2D eigenvalue weighted by molar-refractivity contribution is -0.385. The Bertz CT molecular complexity index is 479. The van der Waals surface area contributed by atoms with Gasteiger partial charge in [-0.2, -0.15) is 0 Å². The maximum atomic E-state index is 12.0. The molecule has 0 aliphatic rings. The smallest absolute Gasteiger partial charge is 0.311 e. The van der Waals surface area contributed by atoms with Crippen LogP contribution < -0.4 is 10.1 Å². The van der Waals surface area contributed by atoms with Gasteiger partial charge in [0.15, 0.2) is 0 Å². The van der Waals surface area contributed by atoms with Crippen LogP contribution in [0.2, 0.25) is 0 Å². The summed E-state index contributed by atoms with van der Waals surface area (Å²) >= 11 is 3.34. The summed E-state index contributed by atoms with van der Waals surface area (Å²) in [6.45, 7) is 0.539. The van der Waals surface area contributed by atoms with E-state index >= 15 is 0 Å². The lowest BCUT2D eigenvalue weighted by atomic mass is 10.1. The van der Waals surface area contributed by atoms with Gasteiger partial charge in [-0.3, -0.25) is 14.9 Å². The minimum Gasteiger partial charge on any atom is -0.490 e. The van der Waals surface area contributed by atoms with Crippen LogP contribution in [0.25, 0.3) is 0 Å². The highest BCUT2D eigenvalue weighted by atomic mass is 79.9. The molecule has 7 heteroatoms. The monoisotopic (exact) mass is 344 g/mol. The highest BCUT2D eigenvalue weighted by Crippen LogP contribution is 2.30. The van der Waals surface area contributed by atoms with Gasteiger partial charge in [0.05, 0.1) is 17.6 Å². The number of unbranched alkanes of at least 4 members (excludes halogenated alkanes) is 2. The number of alkyl halides is 1. The van der Waals surface area contributed by atoms with Crippen molar-refractivity contribution in [2.24, 2.45) is 0 Å². The van der Waals surface area contributed by atoms with Gasteiger partial charge in [0.1, 0.15) is 0 Å². The van der Waals surface area contributed by atoms with Crippen LogP contribution in [0.15, 0.2) is 18.2 Å². The van der Waals surface area contributed by atoms with E-state index in [9.17, 15) is 14.9 Å². The predicted octanol–water partition coefficient (Wildman–Crippen LogP) is 2.90. The summed E-state index contributed by atoms with van der Waals surface area (Å²) in [5, 5.41) is 14.6. The fourth-order valence-electron chi connectivity index (χ4n) is 1.76. The number of hydrogen-bond donors (Lipinski definition) is 1. The molecule has 0 fully saturated rings. The standard InChI is InChI=1S/C13H17BrN2O4/c1-20-12-10(6-5-7-11(12)16(18)19)13(17)15-9-4-2-3-8-14/h5-7H,2-4,8-9H2,1H3,(H,15,17). The molecule has 6 nitrogen and oxygen atoms in total. The van der Waals surface area contributed by atoms with Crippen LogP contribution in [0.3, 0.4) is 0 Å². The van der Waals surface area contributed by atoms with Crippen molar-refractivity contribution >= 4 is 27.5 Å². The number of benzene rings is 1. The molecule has 0 bridgehead atoms. The van der Waals surface area contributed by atoms with Crippen molar-refractivity contribution in [3.05, 3.63) is 33.9 Å². The summed E-state index contributed by atoms with van der Waals surface area (Å²) in [5.74, 6) is -0.361. The average molecular weight is 345 g/mol. The molecule has 1 rings (SSSR count). The minimum atomic E-state index is -0.564. The normalized spacial score (nSPS) is 10.1. The Morgan fingerprint density at radius 2 is 2.15 bits per heavy atom. The molecule has 0 radical (unpaired) electrons. The maximum Gasteiger partial charge on any atom is 0.311 e. The van der Waals surface area contributed by atoms with Crippen molar-refractivity contribution < 1.29 is 14.5 Å². The summed E-state index contributed by atoms with van der Waals surface area (Å²) in [5.41, 5.74) is -0.0263. The van der Waals surface area contributed by atoms with Crippen LogP contribution in [0.4, 0.5) is 5.69 Å². The number of carbonyl (C=O) groups is 1. The van der Waals surface area contributed by atoms with E-state index in [1.165, 1.54) is 25.3 Å². The number of rotatable bonds is 8. The van der Waals surface area contributed by atoms with E-state index in [0.717, 1.165) is 24.6 Å². The van der Waals surface area contributed by atoms with E-state index in [0.29, 0.717) is 6.54 Å². The molecular weight excluding hydrogens is 328 g/mol. The van der Waals surface area contributed by atoms with Crippen molar-refractivity contribution in [2.75, 3.05) is 19.0 Å². The number of nitro benzene ring substituents is 1. The fraction of sp³-hybridized carbons (Fsp3) is 0.462. The SMILES string of the molecule is COc1c(C(=O)NCCCCCBr)cccc1[N+](=O)[O-]. The Kier molecular flexibility index (Phi) is 7.00. The molecule has 0 heterocycles. The second-order valence-corrected chi connectivity index (χ2v) is 4.91. The fourth-order valence-corrected chi connectivity index (χ4v) is 2.15. The van der Waals surface area contributed by atoms with Crippen LogP contribution in [0.5, 0.6) is 5.75 Å². The summed E-state index contributed by atoms with van der Waals surface area (Å²) < 4.78 is 5.00. The Morgan fingerprint density at radius 3 is 2.75 bits per heavy atom. The molecule has 0 aliphatic heterocycles. The number of nitro groups is 1. The number of nitrogens with one attached hydrogen (secondary N) is 1. The number of ether oxygens (including phenoxy) is 1. The molecular formula is C13H17BrN2O4. The molecule has 0 aromatic heterocycles. The van der Waals surface area contributed by atoms with E-state index in [2.05, 4.69) is 21.2 Å². The minimum absolute atomic E-state index is 0.00421. The Labute approximate surface area is 125 Å². The van der Waals surface area contributed by atoms with Gasteiger partial charge in [0.2, 0.25) is 5.75 Å². The Morgan fingerprint density at radius 1 is 1.40 bits per heavy atom. The van der Waals surface area contributed by atoms with E-state index in [4.69, 9.17) is 4.74 Å². The third-order valence-electron chi connectivity index (χ3n) is 2.74. The number of halogens is 1. The first kappa shape index (κ1) is 16.4. The highest BCUT2D eigenvalue weighted by Gasteiger charge is 2.22. The van der Waals surface area contributed by atoms with Crippen molar-refractivity contribution in [2.45, 2.75) is 19.3 Å². The maximum absolute atomic E-state index is 12.0. The lowest BCUT2D eigenvalue weighted by Gasteiger charge is -2.09. The molecule has 20 heavy (non-hydrogen) atoms. The number of methoxy groups -OCH3 is 1. The van der Waals surface area contributed by atoms with E-state index in [1.807, 2.05) is 0 Å². The third kappa shape index (κ3) is 4.48. The zero-order chi connectivity index (χ0) is 15.0. The van der Waals surface area contributed by atoms with Gasteiger partial charge in [-0.1, -0.05) is 28.4 Å². The lowest BCUT2D eigenvalue weighted by Crippen LogP contribution is -2.25. The first-order chi connectivity index (χ1) is 9.61. The number of hydrogen-bond acceptors (Lipinski definition) is 4. The van der Waals surface area contributed by atoms with Gasteiger partial charge in [0.25, 0.3) is 5.91 Å². The highest BCUT2D eigenvalue weighted by molar-refractivity contribution is 9.09. The third-order valence-corrected chi connectivity index (χ3v) is 3.30.